The fraction of sp³-hybridized carbons (Fsp3) is 0.526. The molecular weight excluding hydrogens is 410 g/mol. The number of hydrogen-bond acceptors (Lipinski definition) is 5. The average molecular weight is 438 g/mol. The van der Waals surface area contributed by atoms with E-state index in [1.54, 1.807) is 36.9 Å². The van der Waals surface area contributed by atoms with E-state index in [2.05, 4.69) is 15.5 Å². The van der Waals surface area contributed by atoms with Crippen molar-refractivity contribution < 1.29 is 13.2 Å². The monoisotopic (exact) mass is 437 g/mol. The van der Waals surface area contributed by atoms with Crippen LogP contribution in [0.15, 0.2) is 29.2 Å². The number of aromatic amines is 1. The van der Waals surface area contributed by atoms with Crippen molar-refractivity contribution in [2.75, 3.05) is 13.6 Å². The molecule has 1 amide bonds. The third-order valence-corrected chi connectivity index (χ3v) is 7.74. The number of rotatable bonds is 7. The molecule has 0 radical (unpaired) electrons. The van der Waals surface area contributed by atoms with Crippen LogP contribution in [-0.2, 0) is 23.5 Å². The lowest BCUT2D eigenvalue weighted by Crippen LogP contribution is -2.38. The fourth-order valence-corrected chi connectivity index (χ4v) is 5.21. The summed E-state index contributed by atoms with van der Waals surface area (Å²) in [5, 5.41) is 9.61. The van der Waals surface area contributed by atoms with Gasteiger partial charge in [0.25, 0.3) is 5.91 Å². The molecule has 0 spiro atoms. The van der Waals surface area contributed by atoms with Crippen molar-refractivity contribution in [1.82, 2.24) is 24.4 Å². The highest BCUT2D eigenvalue weighted by Gasteiger charge is 2.29. The molecule has 2 aromatic rings. The number of hydrogen-bond donors (Lipinski definition) is 2. The molecule has 1 fully saturated rings. The Hall–Kier alpha value is -2.04. The van der Waals surface area contributed by atoms with E-state index in [9.17, 15) is 13.2 Å². The summed E-state index contributed by atoms with van der Waals surface area (Å²) in [6.07, 6.45) is 5.53. The minimum Gasteiger partial charge on any atom is -0.352 e. The molecule has 0 saturated heterocycles. The van der Waals surface area contributed by atoms with Gasteiger partial charge in [0.2, 0.25) is 10.0 Å². The quantitative estimate of drug-likeness (QED) is 0.648. The van der Waals surface area contributed by atoms with Gasteiger partial charge in [-0.25, -0.2) is 8.42 Å². The van der Waals surface area contributed by atoms with Crippen LogP contribution in [0.2, 0.25) is 0 Å². The van der Waals surface area contributed by atoms with Crippen molar-refractivity contribution >= 4 is 28.1 Å². The van der Waals surface area contributed by atoms with E-state index in [1.807, 2.05) is 0 Å². The van der Waals surface area contributed by atoms with E-state index in [4.69, 9.17) is 12.2 Å². The van der Waals surface area contributed by atoms with Crippen molar-refractivity contribution in [3.63, 3.8) is 0 Å². The van der Waals surface area contributed by atoms with Gasteiger partial charge in [0.15, 0.2) is 4.77 Å². The number of carbonyl (C=O) groups is 1. The SMILES string of the molecule is CN(C1CCCCC1)S(=O)(=O)c1cccc(C(=O)NCCc2n[nH]c(=S)n2C)c1. The molecule has 0 unspecified atom stereocenters. The van der Waals surface area contributed by atoms with Gasteiger partial charge in [-0.15, -0.1) is 0 Å². The average Bonchev–Trinajstić information content (AvgIpc) is 3.06. The van der Waals surface area contributed by atoms with Gasteiger partial charge in [-0.2, -0.15) is 9.40 Å². The van der Waals surface area contributed by atoms with E-state index >= 15 is 0 Å². The Bertz CT molecular complexity index is 1020. The first-order chi connectivity index (χ1) is 13.8. The summed E-state index contributed by atoms with van der Waals surface area (Å²) in [5.74, 6) is 0.417. The summed E-state index contributed by atoms with van der Waals surface area (Å²) in [6.45, 7) is 0.366. The van der Waals surface area contributed by atoms with Crippen LogP contribution in [0.25, 0.3) is 0 Å². The zero-order valence-electron chi connectivity index (χ0n) is 16.7. The molecule has 8 nitrogen and oxygen atoms in total. The van der Waals surface area contributed by atoms with E-state index in [1.165, 1.54) is 10.4 Å². The van der Waals surface area contributed by atoms with Crippen molar-refractivity contribution in [1.29, 1.82) is 0 Å². The molecule has 2 N–H and O–H groups in total. The first-order valence-corrected chi connectivity index (χ1v) is 11.6. The van der Waals surface area contributed by atoms with Crippen molar-refractivity contribution in [2.45, 2.75) is 49.5 Å². The summed E-state index contributed by atoms with van der Waals surface area (Å²) < 4.78 is 29.8. The van der Waals surface area contributed by atoms with Gasteiger partial charge in [-0.1, -0.05) is 25.3 Å². The van der Waals surface area contributed by atoms with Crippen LogP contribution in [0.3, 0.4) is 0 Å². The molecule has 0 bridgehead atoms. The molecule has 1 saturated carbocycles. The number of aromatic nitrogens is 3. The van der Waals surface area contributed by atoms with Gasteiger partial charge in [0.05, 0.1) is 4.90 Å². The lowest BCUT2D eigenvalue weighted by Gasteiger charge is -2.30. The number of sulfonamides is 1. The number of carbonyl (C=O) groups excluding carboxylic acids is 1. The normalized spacial score (nSPS) is 15.6. The molecular formula is C19H27N5O3S2. The molecule has 0 atom stereocenters. The molecule has 1 heterocycles. The van der Waals surface area contributed by atoms with Gasteiger partial charge in [0, 0.05) is 38.7 Å². The molecule has 10 heteroatoms. The largest absolute Gasteiger partial charge is 0.352 e. The van der Waals surface area contributed by atoms with Crippen LogP contribution in [0, 0.1) is 4.77 Å². The van der Waals surface area contributed by atoms with E-state index in [0.29, 0.717) is 23.3 Å². The second-order valence-corrected chi connectivity index (χ2v) is 9.74. The molecule has 1 aromatic carbocycles. The van der Waals surface area contributed by atoms with E-state index < -0.39 is 10.0 Å². The van der Waals surface area contributed by atoms with Gasteiger partial charge in [0.1, 0.15) is 5.82 Å². The molecule has 1 aliphatic rings. The van der Waals surface area contributed by atoms with Crippen LogP contribution < -0.4 is 5.32 Å². The van der Waals surface area contributed by atoms with Crippen molar-refractivity contribution in [3.8, 4) is 0 Å². The van der Waals surface area contributed by atoms with Gasteiger partial charge >= 0.3 is 0 Å². The third kappa shape index (κ3) is 4.93. The van der Waals surface area contributed by atoms with Crippen LogP contribution in [0.1, 0.15) is 48.3 Å². The standard InChI is InChI=1S/C19H27N5O3S2/c1-23-17(21-22-19(23)28)11-12-20-18(25)14-7-6-10-16(13-14)29(26,27)24(2)15-8-4-3-5-9-15/h6-7,10,13,15H,3-5,8-9,11-12H2,1-2H3,(H,20,25)(H,22,28). The lowest BCUT2D eigenvalue weighted by atomic mass is 9.96. The van der Waals surface area contributed by atoms with E-state index in [0.717, 1.165) is 37.9 Å². The lowest BCUT2D eigenvalue weighted by molar-refractivity contribution is 0.0953. The Labute approximate surface area is 176 Å². The smallest absolute Gasteiger partial charge is 0.251 e. The second-order valence-electron chi connectivity index (χ2n) is 7.35. The number of H-pyrrole nitrogens is 1. The Morgan fingerprint density at radius 1 is 1.34 bits per heavy atom. The number of nitrogens with one attached hydrogen (secondary N) is 2. The molecule has 1 aromatic heterocycles. The highest BCUT2D eigenvalue weighted by Crippen LogP contribution is 2.26. The summed E-state index contributed by atoms with van der Waals surface area (Å²) in [6, 6.07) is 6.23. The maximum absolute atomic E-state index is 13.0. The highest BCUT2D eigenvalue weighted by atomic mass is 32.2. The topological polar surface area (TPSA) is 100 Å². The maximum atomic E-state index is 13.0. The fourth-order valence-electron chi connectivity index (χ4n) is 3.60. The van der Waals surface area contributed by atoms with Crippen LogP contribution >= 0.6 is 12.2 Å². The number of benzene rings is 1. The minimum absolute atomic E-state index is 0.0232. The van der Waals surface area contributed by atoms with Gasteiger partial charge in [-0.05, 0) is 43.3 Å². The van der Waals surface area contributed by atoms with Crippen LogP contribution in [0.5, 0.6) is 0 Å². The predicted molar refractivity (Wildman–Crippen MR) is 113 cm³/mol. The Balaban J connectivity index is 1.66. The Morgan fingerprint density at radius 2 is 2.07 bits per heavy atom. The van der Waals surface area contributed by atoms with Crippen LogP contribution in [-0.4, -0.2) is 53.0 Å². The number of nitrogens with zero attached hydrogens (tertiary/aromatic N) is 3. The maximum Gasteiger partial charge on any atom is 0.251 e. The van der Waals surface area contributed by atoms with Gasteiger partial charge in [-0.3, -0.25) is 9.89 Å². The first-order valence-electron chi connectivity index (χ1n) is 9.77. The summed E-state index contributed by atoms with van der Waals surface area (Å²) >= 11 is 5.07. The summed E-state index contributed by atoms with van der Waals surface area (Å²) in [4.78, 5) is 12.6. The summed E-state index contributed by atoms with van der Waals surface area (Å²) in [5.41, 5.74) is 0.318. The zero-order valence-corrected chi connectivity index (χ0v) is 18.4. The molecule has 29 heavy (non-hydrogen) atoms. The molecule has 158 valence electrons. The molecule has 3 rings (SSSR count). The minimum atomic E-state index is -3.64. The highest BCUT2D eigenvalue weighted by molar-refractivity contribution is 7.89. The van der Waals surface area contributed by atoms with E-state index in [-0.39, 0.29) is 16.8 Å². The zero-order chi connectivity index (χ0) is 21.0. The third-order valence-electron chi connectivity index (χ3n) is 5.47. The first kappa shape index (κ1) is 21.7. The molecule has 0 aliphatic heterocycles. The van der Waals surface area contributed by atoms with Crippen molar-refractivity contribution in [2.24, 2.45) is 7.05 Å². The van der Waals surface area contributed by atoms with Crippen molar-refractivity contribution in [3.05, 3.63) is 40.4 Å². The van der Waals surface area contributed by atoms with Crippen LogP contribution in [0.4, 0.5) is 0 Å². The van der Waals surface area contributed by atoms with Gasteiger partial charge < -0.3 is 9.88 Å². The Morgan fingerprint density at radius 3 is 2.72 bits per heavy atom. The predicted octanol–water partition coefficient (Wildman–Crippen LogP) is 2.40. The molecule has 1 aliphatic carbocycles. The summed E-state index contributed by atoms with van der Waals surface area (Å²) in [7, 11) is -0.197. The Kier molecular flexibility index (Phi) is 6.86. The second kappa shape index (κ2) is 9.19. The number of amides is 1.